The fourth-order valence-electron chi connectivity index (χ4n) is 3.86. The number of carbonyl (C=O) groups excluding carboxylic acids is 2. The molecule has 33 heavy (non-hydrogen) atoms. The Bertz CT molecular complexity index is 1110. The van der Waals surface area contributed by atoms with E-state index >= 15 is 0 Å². The second-order valence-electron chi connectivity index (χ2n) is 7.45. The number of hydrazone groups is 2. The summed E-state index contributed by atoms with van der Waals surface area (Å²) >= 11 is 0. The zero-order valence-corrected chi connectivity index (χ0v) is 19.0. The number of hydrogen-bond acceptors (Lipinski definition) is 8. The van der Waals surface area contributed by atoms with Crippen LogP contribution in [0.1, 0.15) is 32.3 Å². The zero-order valence-electron chi connectivity index (χ0n) is 18.2. The van der Waals surface area contributed by atoms with E-state index in [2.05, 4.69) is 21.1 Å². The molecule has 0 aromatic heterocycles. The van der Waals surface area contributed by atoms with Crippen LogP contribution in [0.3, 0.4) is 0 Å². The van der Waals surface area contributed by atoms with Gasteiger partial charge in [-0.2, -0.15) is 10.2 Å². The minimum absolute atomic E-state index is 0.0881. The lowest BCUT2D eigenvalue weighted by atomic mass is 9.79. The van der Waals surface area contributed by atoms with Crippen molar-refractivity contribution in [3.63, 3.8) is 0 Å². The molecule has 0 saturated heterocycles. The molecule has 0 bridgehead atoms. The van der Waals surface area contributed by atoms with Crippen LogP contribution in [0.2, 0.25) is 0 Å². The maximum Gasteiger partial charge on any atom is 0.332 e. The predicted molar refractivity (Wildman–Crippen MR) is 122 cm³/mol. The van der Waals surface area contributed by atoms with Crippen LogP contribution in [-0.2, 0) is 9.84 Å². The van der Waals surface area contributed by atoms with Gasteiger partial charge >= 0.3 is 12.1 Å². The van der Waals surface area contributed by atoms with Gasteiger partial charge in [0, 0.05) is 27.8 Å². The molecule has 14 heteroatoms. The summed E-state index contributed by atoms with van der Waals surface area (Å²) in [5.74, 6) is -2.63. The number of nitrogens with zero attached hydrogens (tertiary/aromatic N) is 3. The van der Waals surface area contributed by atoms with Crippen LogP contribution in [-0.4, -0.2) is 48.6 Å². The minimum atomic E-state index is -4.05. The number of benzene rings is 1. The second kappa shape index (κ2) is 10.2. The Labute approximate surface area is 190 Å². The lowest BCUT2D eigenvalue weighted by Crippen LogP contribution is -2.35. The van der Waals surface area contributed by atoms with Gasteiger partial charge in [-0.1, -0.05) is 30.3 Å². The first-order valence-electron chi connectivity index (χ1n) is 9.68. The lowest BCUT2D eigenvalue weighted by Gasteiger charge is -2.29. The number of urea groups is 2. The van der Waals surface area contributed by atoms with Crippen molar-refractivity contribution in [2.45, 2.75) is 32.7 Å². The topological polar surface area (TPSA) is 212 Å². The number of sulfone groups is 1. The van der Waals surface area contributed by atoms with Gasteiger partial charge in [0.15, 0.2) is 9.84 Å². The molecule has 1 aliphatic heterocycles. The van der Waals surface area contributed by atoms with Crippen LogP contribution in [0, 0.1) is 16.0 Å². The molecule has 0 radical (unpaired) electrons. The van der Waals surface area contributed by atoms with E-state index in [1.807, 2.05) is 0 Å². The average molecular weight is 480 g/mol. The molecule has 1 heterocycles. The Morgan fingerprint density at radius 3 is 1.97 bits per heavy atom. The molecule has 0 aliphatic carbocycles. The predicted octanol–water partition coefficient (Wildman–Crippen LogP) is 0.823. The van der Waals surface area contributed by atoms with Crippen molar-refractivity contribution in [3.8, 4) is 0 Å². The molecular formula is C19H25N7O6S. The summed E-state index contributed by atoms with van der Waals surface area (Å²) in [6.07, 6.45) is 0. The molecule has 178 valence electrons. The Hall–Kier alpha value is -3.81. The number of hydrogen-bond donors (Lipinski definition) is 4. The molecule has 0 saturated carbocycles. The van der Waals surface area contributed by atoms with Gasteiger partial charge in [0.25, 0.3) is 0 Å². The number of allylic oxidation sites excluding steroid dienone is 1. The Kier molecular flexibility index (Phi) is 7.87. The van der Waals surface area contributed by atoms with E-state index in [9.17, 15) is 28.1 Å². The molecule has 1 aromatic carbocycles. The van der Waals surface area contributed by atoms with Crippen LogP contribution >= 0.6 is 0 Å². The average Bonchev–Trinajstić information content (AvgIpc) is 2.98. The van der Waals surface area contributed by atoms with Gasteiger partial charge in [0.2, 0.25) is 6.04 Å². The van der Waals surface area contributed by atoms with Crippen molar-refractivity contribution in [2.24, 2.45) is 27.6 Å². The molecule has 4 amide bonds. The molecule has 6 N–H and O–H groups in total. The Morgan fingerprint density at radius 1 is 1.09 bits per heavy atom. The Morgan fingerprint density at radius 2 is 1.58 bits per heavy atom. The van der Waals surface area contributed by atoms with Gasteiger partial charge in [-0.25, -0.2) is 28.9 Å². The molecule has 13 nitrogen and oxygen atoms in total. The summed E-state index contributed by atoms with van der Waals surface area (Å²) in [5, 5.41) is 19.4. The van der Waals surface area contributed by atoms with Gasteiger partial charge in [-0.3, -0.25) is 10.1 Å². The van der Waals surface area contributed by atoms with E-state index in [1.54, 1.807) is 30.3 Å². The highest BCUT2D eigenvalue weighted by atomic mass is 32.2. The van der Waals surface area contributed by atoms with Crippen molar-refractivity contribution in [2.75, 3.05) is 5.75 Å². The fraction of sp³-hybridized carbons (Fsp3) is 0.368. The smallest absolute Gasteiger partial charge is 0.332 e. The molecule has 1 aromatic rings. The number of nitrogens with two attached hydrogens (primary N) is 2. The van der Waals surface area contributed by atoms with Gasteiger partial charge < -0.3 is 11.5 Å². The molecule has 2 rings (SSSR count). The summed E-state index contributed by atoms with van der Waals surface area (Å²) in [5.41, 5.74) is 15.3. The number of primary amides is 2. The summed E-state index contributed by atoms with van der Waals surface area (Å²) in [6.45, 7) is 4.41. The summed E-state index contributed by atoms with van der Waals surface area (Å²) in [7, 11) is -4.05. The normalized spacial score (nSPS) is 19.3. The monoisotopic (exact) mass is 479 g/mol. The number of rotatable bonds is 8. The highest BCUT2D eigenvalue weighted by molar-refractivity contribution is 7.95. The van der Waals surface area contributed by atoms with Gasteiger partial charge in [-0.05, 0) is 26.3 Å². The highest BCUT2D eigenvalue weighted by Gasteiger charge is 2.48. The van der Waals surface area contributed by atoms with E-state index in [4.69, 9.17) is 11.5 Å². The van der Waals surface area contributed by atoms with Crippen LogP contribution < -0.4 is 22.3 Å². The van der Waals surface area contributed by atoms with Crippen LogP contribution in [0.4, 0.5) is 9.59 Å². The standard InChI is InChI=1S/C19H25N7O6S/c1-10-14(26(29)30)9-33(31,32)17(10)16(13-7-5-4-6-8-13)15(11(2)22-24-18(20)27)12(3)23-25-19(21)28/h4-8,14-16H,9H2,1-3H3,(H3,20,24,27)(H3,21,25,28)/b22-11+,23-12+. The fourth-order valence-corrected chi connectivity index (χ4v) is 6.11. The lowest BCUT2D eigenvalue weighted by molar-refractivity contribution is -0.505. The molecule has 2 unspecified atom stereocenters. The maximum atomic E-state index is 13.2. The summed E-state index contributed by atoms with van der Waals surface area (Å²) < 4.78 is 26.3. The van der Waals surface area contributed by atoms with E-state index in [-0.39, 0.29) is 21.9 Å². The first-order chi connectivity index (χ1) is 15.4. The van der Waals surface area contributed by atoms with Gasteiger partial charge in [0.1, 0.15) is 5.75 Å². The van der Waals surface area contributed by atoms with Gasteiger partial charge in [0.05, 0.1) is 10.8 Å². The van der Waals surface area contributed by atoms with Crippen molar-refractivity contribution in [3.05, 3.63) is 56.5 Å². The van der Waals surface area contributed by atoms with Gasteiger partial charge in [-0.15, -0.1) is 0 Å². The quantitative estimate of drug-likeness (QED) is 0.240. The highest BCUT2D eigenvalue weighted by Crippen LogP contribution is 2.43. The second-order valence-corrected chi connectivity index (χ2v) is 9.46. The van der Waals surface area contributed by atoms with Crippen LogP contribution in [0.5, 0.6) is 0 Å². The molecule has 1 aliphatic rings. The van der Waals surface area contributed by atoms with Crippen LogP contribution in [0.25, 0.3) is 0 Å². The van der Waals surface area contributed by atoms with E-state index in [0.29, 0.717) is 5.56 Å². The third-order valence-electron chi connectivity index (χ3n) is 5.21. The minimum Gasteiger partial charge on any atom is -0.350 e. The first-order valence-corrected chi connectivity index (χ1v) is 11.3. The third kappa shape index (κ3) is 5.91. The van der Waals surface area contributed by atoms with Crippen LogP contribution in [0.15, 0.2) is 51.0 Å². The van der Waals surface area contributed by atoms with Crippen molar-refractivity contribution in [1.29, 1.82) is 0 Å². The Balaban J connectivity index is 2.84. The first kappa shape index (κ1) is 25.5. The van der Waals surface area contributed by atoms with E-state index < -0.39 is 50.5 Å². The largest absolute Gasteiger partial charge is 0.350 e. The van der Waals surface area contributed by atoms with Crippen molar-refractivity contribution < 1.29 is 22.9 Å². The van der Waals surface area contributed by atoms with Crippen molar-refractivity contribution in [1.82, 2.24) is 10.9 Å². The van der Waals surface area contributed by atoms with Crippen molar-refractivity contribution >= 4 is 33.3 Å². The number of amides is 4. The maximum absolute atomic E-state index is 13.2. The summed E-state index contributed by atoms with van der Waals surface area (Å²) in [6, 6.07) is 5.11. The van der Waals surface area contributed by atoms with E-state index in [1.165, 1.54) is 20.8 Å². The zero-order chi connectivity index (χ0) is 24.9. The number of nitrogens with one attached hydrogen (secondary N) is 2. The third-order valence-corrected chi connectivity index (χ3v) is 7.22. The summed E-state index contributed by atoms with van der Waals surface area (Å²) in [4.78, 5) is 33.2. The molecule has 2 atom stereocenters. The van der Waals surface area contributed by atoms with E-state index in [0.717, 1.165) is 0 Å². The molecule has 0 fully saturated rings. The number of nitro groups is 1. The molecular weight excluding hydrogens is 454 g/mol. The molecule has 0 spiro atoms. The number of carbonyl (C=O) groups is 2. The SMILES string of the molecule is CC1=C(C(c2ccccc2)C(/C(C)=N/NC(N)=O)/C(C)=N/NC(N)=O)S(=O)(=O)CC1[N+](=O)[O-].